The Balaban J connectivity index is 1.76. The molecule has 0 saturated heterocycles. The minimum atomic E-state index is -0.202. The molecule has 1 heterocycles. The number of amides is 2. The van der Waals surface area contributed by atoms with Gasteiger partial charge in [0.15, 0.2) is 0 Å². The van der Waals surface area contributed by atoms with Crippen LogP contribution in [0, 0.1) is 13.8 Å². The Kier molecular flexibility index (Phi) is 3.55. The fourth-order valence-corrected chi connectivity index (χ4v) is 3.24. The molecule has 0 radical (unpaired) electrons. The summed E-state index contributed by atoms with van der Waals surface area (Å²) in [6, 6.07) is 13.1. The molecule has 0 aliphatic carbocycles. The van der Waals surface area contributed by atoms with E-state index in [9.17, 15) is 9.59 Å². The third-order valence-electron chi connectivity index (χ3n) is 3.72. The van der Waals surface area contributed by atoms with Gasteiger partial charge in [0.1, 0.15) is 0 Å². The molecule has 4 heteroatoms. The number of benzene rings is 2. The van der Waals surface area contributed by atoms with Gasteiger partial charge in [0, 0.05) is 4.90 Å². The summed E-state index contributed by atoms with van der Waals surface area (Å²) in [7, 11) is 0. The number of imide groups is 1. The largest absolute Gasteiger partial charge is 0.269 e. The lowest BCUT2D eigenvalue weighted by Gasteiger charge is -2.13. The zero-order valence-corrected chi connectivity index (χ0v) is 12.7. The highest BCUT2D eigenvalue weighted by Crippen LogP contribution is 2.27. The number of hydrogen-bond acceptors (Lipinski definition) is 3. The summed E-state index contributed by atoms with van der Waals surface area (Å²) in [5.74, 6) is -0.0617. The third-order valence-corrected chi connectivity index (χ3v) is 4.69. The van der Waals surface area contributed by atoms with Gasteiger partial charge in [-0.25, -0.2) is 0 Å². The number of thioether (sulfide) groups is 1. The van der Waals surface area contributed by atoms with E-state index in [2.05, 4.69) is 26.0 Å². The first-order chi connectivity index (χ1) is 10.1. The maximum absolute atomic E-state index is 12.2. The molecule has 0 fully saturated rings. The summed E-state index contributed by atoms with van der Waals surface area (Å²) in [6.45, 7) is 4.12. The summed E-state index contributed by atoms with van der Waals surface area (Å²) >= 11 is 1.50. The summed E-state index contributed by atoms with van der Waals surface area (Å²) in [5, 5.41) is 0. The van der Waals surface area contributed by atoms with Crippen LogP contribution < -0.4 is 0 Å². The first kappa shape index (κ1) is 13.9. The maximum Gasteiger partial charge on any atom is 0.262 e. The van der Waals surface area contributed by atoms with E-state index in [1.807, 2.05) is 6.07 Å². The van der Waals surface area contributed by atoms with Crippen LogP contribution in [-0.4, -0.2) is 22.6 Å². The highest BCUT2D eigenvalue weighted by Gasteiger charge is 2.34. The van der Waals surface area contributed by atoms with E-state index >= 15 is 0 Å². The van der Waals surface area contributed by atoms with Gasteiger partial charge in [-0.1, -0.05) is 18.2 Å². The molecule has 1 aliphatic heterocycles. The Bertz CT molecular complexity index is 704. The van der Waals surface area contributed by atoms with Crippen LogP contribution in [0.5, 0.6) is 0 Å². The Hall–Kier alpha value is -2.07. The molecule has 0 N–H and O–H groups in total. The van der Waals surface area contributed by atoms with Crippen molar-refractivity contribution in [3.63, 3.8) is 0 Å². The molecular formula is C17H15NO2S. The van der Waals surface area contributed by atoms with Gasteiger partial charge in [-0.3, -0.25) is 14.5 Å². The van der Waals surface area contributed by atoms with E-state index < -0.39 is 0 Å². The lowest BCUT2D eigenvalue weighted by atomic mass is 10.1. The molecule has 0 aromatic heterocycles. The quantitative estimate of drug-likeness (QED) is 0.641. The fraction of sp³-hybridized carbons (Fsp3) is 0.176. The lowest BCUT2D eigenvalue weighted by molar-refractivity contribution is 0.0684. The molecule has 2 amide bonds. The number of carbonyl (C=O) groups excluding carboxylic acids is 2. The van der Waals surface area contributed by atoms with Crippen LogP contribution in [0.4, 0.5) is 0 Å². The molecule has 0 bridgehead atoms. The van der Waals surface area contributed by atoms with Crippen molar-refractivity contribution in [2.75, 3.05) is 5.88 Å². The molecule has 0 spiro atoms. The second kappa shape index (κ2) is 5.37. The van der Waals surface area contributed by atoms with Crippen LogP contribution in [0.2, 0.25) is 0 Å². The number of rotatable bonds is 3. The van der Waals surface area contributed by atoms with E-state index in [0.29, 0.717) is 17.0 Å². The van der Waals surface area contributed by atoms with Gasteiger partial charge in [0.2, 0.25) is 0 Å². The molecule has 2 aromatic rings. The Morgan fingerprint density at radius 1 is 0.905 bits per heavy atom. The summed E-state index contributed by atoms with van der Waals surface area (Å²) in [6.07, 6.45) is 0. The van der Waals surface area contributed by atoms with Crippen molar-refractivity contribution in [3.8, 4) is 0 Å². The second-order valence-electron chi connectivity index (χ2n) is 5.10. The second-order valence-corrected chi connectivity index (χ2v) is 6.12. The van der Waals surface area contributed by atoms with Crippen molar-refractivity contribution in [1.82, 2.24) is 4.90 Å². The van der Waals surface area contributed by atoms with Gasteiger partial charge in [-0.2, -0.15) is 0 Å². The van der Waals surface area contributed by atoms with Crippen molar-refractivity contribution in [2.24, 2.45) is 0 Å². The molecule has 21 heavy (non-hydrogen) atoms. The minimum Gasteiger partial charge on any atom is -0.269 e. The van der Waals surface area contributed by atoms with E-state index in [0.717, 1.165) is 4.90 Å². The summed E-state index contributed by atoms with van der Waals surface area (Å²) in [4.78, 5) is 26.9. The van der Waals surface area contributed by atoms with Crippen molar-refractivity contribution in [1.29, 1.82) is 0 Å². The van der Waals surface area contributed by atoms with Gasteiger partial charge in [0.05, 0.1) is 17.0 Å². The molecule has 1 aliphatic rings. The average molecular weight is 297 g/mol. The predicted octanol–water partition coefficient (Wildman–Crippen LogP) is 3.65. The van der Waals surface area contributed by atoms with E-state index in [1.54, 1.807) is 24.3 Å². The SMILES string of the molecule is Cc1ccc(SCN2C(=O)c3ccccc3C2=O)cc1C. The summed E-state index contributed by atoms with van der Waals surface area (Å²) in [5.41, 5.74) is 3.45. The number of nitrogens with zero attached hydrogens (tertiary/aromatic N) is 1. The first-order valence-electron chi connectivity index (χ1n) is 6.73. The predicted molar refractivity (Wildman–Crippen MR) is 83.6 cm³/mol. The van der Waals surface area contributed by atoms with Crippen molar-refractivity contribution >= 4 is 23.6 Å². The van der Waals surface area contributed by atoms with E-state index in [-0.39, 0.29) is 11.8 Å². The van der Waals surface area contributed by atoms with Crippen LogP contribution in [0.3, 0.4) is 0 Å². The van der Waals surface area contributed by atoms with Crippen LogP contribution in [0.25, 0.3) is 0 Å². The van der Waals surface area contributed by atoms with Gasteiger partial charge in [0.25, 0.3) is 11.8 Å². The molecule has 0 unspecified atom stereocenters. The standard InChI is InChI=1S/C17H15NO2S/c1-11-7-8-13(9-12(11)2)21-10-18-16(19)14-5-3-4-6-15(14)17(18)20/h3-9H,10H2,1-2H3. The summed E-state index contributed by atoms with van der Waals surface area (Å²) < 4.78 is 0. The number of fused-ring (bicyclic) bond motifs is 1. The first-order valence-corrected chi connectivity index (χ1v) is 7.72. The van der Waals surface area contributed by atoms with Crippen molar-refractivity contribution in [3.05, 3.63) is 64.7 Å². The number of hydrogen-bond donors (Lipinski definition) is 0. The Morgan fingerprint density at radius 3 is 2.10 bits per heavy atom. The van der Waals surface area contributed by atoms with Crippen molar-refractivity contribution in [2.45, 2.75) is 18.7 Å². The van der Waals surface area contributed by atoms with Crippen LogP contribution in [-0.2, 0) is 0 Å². The minimum absolute atomic E-state index is 0.202. The molecule has 0 atom stereocenters. The molecule has 106 valence electrons. The van der Waals surface area contributed by atoms with Crippen molar-refractivity contribution < 1.29 is 9.59 Å². The molecule has 2 aromatic carbocycles. The van der Waals surface area contributed by atoms with Gasteiger partial charge >= 0.3 is 0 Å². The van der Waals surface area contributed by atoms with Gasteiger partial charge in [-0.15, -0.1) is 11.8 Å². The molecular weight excluding hydrogens is 282 g/mol. The zero-order chi connectivity index (χ0) is 15.0. The van der Waals surface area contributed by atoms with Gasteiger partial charge < -0.3 is 0 Å². The third kappa shape index (κ3) is 2.47. The van der Waals surface area contributed by atoms with Crippen LogP contribution >= 0.6 is 11.8 Å². The lowest BCUT2D eigenvalue weighted by Crippen LogP contribution is -2.29. The zero-order valence-electron chi connectivity index (χ0n) is 11.9. The van der Waals surface area contributed by atoms with E-state index in [1.165, 1.54) is 27.8 Å². The Labute approximate surface area is 128 Å². The normalized spacial score (nSPS) is 13.7. The molecule has 3 rings (SSSR count). The van der Waals surface area contributed by atoms with Crippen LogP contribution in [0.1, 0.15) is 31.8 Å². The Morgan fingerprint density at radius 2 is 1.52 bits per heavy atom. The fourth-order valence-electron chi connectivity index (χ4n) is 2.30. The van der Waals surface area contributed by atoms with Gasteiger partial charge in [-0.05, 0) is 49.2 Å². The average Bonchev–Trinajstić information content (AvgIpc) is 2.73. The smallest absolute Gasteiger partial charge is 0.262 e. The highest BCUT2D eigenvalue weighted by atomic mass is 32.2. The number of carbonyl (C=O) groups is 2. The maximum atomic E-state index is 12.2. The molecule has 0 saturated carbocycles. The topological polar surface area (TPSA) is 37.4 Å². The van der Waals surface area contributed by atoms with E-state index in [4.69, 9.17) is 0 Å². The highest BCUT2D eigenvalue weighted by molar-refractivity contribution is 7.99. The van der Waals surface area contributed by atoms with Crippen LogP contribution in [0.15, 0.2) is 47.4 Å². The monoisotopic (exact) mass is 297 g/mol. The molecule has 3 nitrogen and oxygen atoms in total. The number of aryl methyl sites for hydroxylation is 2.